The smallest absolute Gasteiger partial charge is 0.299 e. The molecular weight excluding hydrogens is 740 g/mol. The molecule has 1 aromatic rings. The Morgan fingerprint density at radius 2 is 1.09 bits per heavy atom. The molecule has 0 aliphatic carbocycles. The van der Waals surface area contributed by atoms with Crippen LogP contribution in [0.1, 0.15) is 41.5 Å². The van der Waals surface area contributed by atoms with Gasteiger partial charge in [-0.15, -0.1) is 0 Å². The van der Waals surface area contributed by atoms with Crippen LogP contribution in [0.15, 0.2) is 18.2 Å². The Labute approximate surface area is 314 Å². The predicted molar refractivity (Wildman–Crippen MR) is 180 cm³/mol. The molecular formula is C33H48N4O18. The maximum Gasteiger partial charge on any atom is 0.299 e. The number of nitrogens with zero attached hydrogens (tertiary/aromatic N) is 3. The van der Waals surface area contributed by atoms with E-state index in [1.807, 2.05) is 0 Å². The lowest BCUT2D eigenvalue weighted by atomic mass is 9.99. The van der Waals surface area contributed by atoms with Crippen LogP contribution < -0.4 is 5.32 Å². The van der Waals surface area contributed by atoms with E-state index < -0.39 is 131 Å². The van der Waals surface area contributed by atoms with E-state index in [1.54, 1.807) is 41.5 Å². The van der Waals surface area contributed by atoms with Crippen molar-refractivity contribution >= 4 is 17.1 Å². The minimum absolute atomic E-state index is 0.117. The highest BCUT2D eigenvalue weighted by Gasteiger charge is 2.59. The highest BCUT2D eigenvalue weighted by molar-refractivity contribution is 5.66. The zero-order valence-corrected chi connectivity index (χ0v) is 30.9. The van der Waals surface area contributed by atoms with Crippen molar-refractivity contribution in [2.75, 3.05) is 25.0 Å². The number of aliphatic hydroxyl groups is 5. The van der Waals surface area contributed by atoms with Gasteiger partial charge in [0.05, 0.1) is 40.3 Å². The van der Waals surface area contributed by atoms with Crippen molar-refractivity contribution in [1.82, 2.24) is 4.90 Å². The first-order valence-electron chi connectivity index (χ1n) is 18.0. The first kappa shape index (κ1) is 40.4. The Morgan fingerprint density at radius 1 is 0.673 bits per heavy atom. The summed E-state index contributed by atoms with van der Waals surface area (Å²) in [6, 6.07) is 2.02. The van der Waals surface area contributed by atoms with Crippen molar-refractivity contribution in [2.45, 2.75) is 151 Å². The van der Waals surface area contributed by atoms with Gasteiger partial charge < -0.3 is 73.5 Å². The molecule has 6 saturated heterocycles. The third-order valence-electron chi connectivity index (χ3n) is 10.4. The lowest BCUT2D eigenvalue weighted by molar-refractivity contribution is -0.393. The van der Waals surface area contributed by atoms with Crippen molar-refractivity contribution in [1.29, 1.82) is 0 Å². The molecule has 7 rings (SSSR count). The molecule has 0 saturated carbocycles. The molecule has 22 nitrogen and oxygen atoms in total. The van der Waals surface area contributed by atoms with Gasteiger partial charge in [0, 0.05) is 25.7 Å². The molecule has 0 radical (unpaired) electrons. The average Bonchev–Trinajstić information content (AvgIpc) is 3.87. The highest BCUT2D eigenvalue weighted by atomic mass is 16.9. The van der Waals surface area contributed by atoms with Gasteiger partial charge in [-0.05, 0) is 47.6 Å². The monoisotopic (exact) mass is 788 g/mol. The second-order valence-corrected chi connectivity index (χ2v) is 16.0. The summed E-state index contributed by atoms with van der Waals surface area (Å²) >= 11 is 0. The summed E-state index contributed by atoms with van der Waals surface area (Å²) in [4.78, 5) is 23.2. The van der Waals surface area contributed by atoms with Crippen LogP contribution in [0.3, 0.4) is 0 Å². The van der Waals surface area contributed by atoms with Crippen LogP contribution in [0.4, 0.5) is 17.1 Å². The Balaban J connectivity index is 1.12. The number of benzene rings is 1. The number of ether oxygens (including phenoxy) is 9. The number of rotatable bonds is 13. The van der Waals surface area contributed by atoms with Crippen LogP contribution >= 0.6 is 0 Å². The predicted octanol–water partition coefficient (Wildman–Crippen LogP) is -0.981. The molecule has 22 heteroatoms. The van der Waals surface area contributed by atoms with Crippen molar-refractivity contribution in [2.24, 2.45) is 0 Å². The van der Waals surface area contributed by atoms with Crippen molar-refractivity contribution in [3.05, 3.63) is 38.4 Å². The van der Waals surface area contributed by atoms with Gasteiger partial charge in [-0.2, -0.15) is 0 Å². The number of nitrogens with one attached hydrogen (secondary N) is 1. The number of anilines is 1. The molecule has 0 aromatic heterocycles. The van der Waals surface area contributed by atoms with Gasteiger partial charge in [-0.25, -0.2) is 0 Å². The van der Waals surface area contributed by atoms with Gasteiger partial charge in [0.2, 0.25) is 0 Å². The molecule has 6 aliphatic heterocycles. The summed E-state index contributed by atoms with van der Waals surface area (Å²) in [6.07, 6.45) is -16.3. The Morgan fingerprint density at radius 3 is 1.53 bits per heavy atom. The number of nitro benzene ring substituents is 2. The molecule has 6 fully saturated rings. The number of fused-ring (bicyclic) bond motifs is 3. The summed E-state index contributed by atoms with van der Waals surface area (Å²) in [5.74, 6) is -3.20. The van der Waals surface area contributed by atoms with E-state index in [4.69, 9.17) is 42.6 Å². The fourth-order valence-corrected chi connectivity index (χ4v) is 8.11. The van der Waals surface area contributed by atoms with Crippen molar-refractivity contribution in [3.63, 3.8) is 0 Å². The van der Waals surface area contributed by atoms with Crippen LogP contribution in [0.2, 0.25) is 0 Å². The summed E-state index contributed by atoms with van der Waals surface area (Å²) in [5, 5.41) is 83.1. The molecule has 6 N–H and O–H groups in total. The standard InChI is InChI=1S/C33H48N4O18/c1-31(2)50-25-19(34-14-8-7-13(36(43)44)9-15(14)37(45)46)22(47-28(25)53-31)16(38)10-35(11-17(39)23-20(41)26-29(48-23)54-32(3,4)51-26)12-18(40)24-21(42)27-30(49-24)55-33(5,6)52-27/h7-9,16-30,34,38-42H,10-12H2,1-6H3/t16-,17+,18+,19+,20+,21+,22-,23-,24-,25-,26-,27-,28-,29-,30-/m1/s1. The highest BCUT2D eigenvalue weighted by Crippen LogP contribution is 2.43. The third-order valence-corrected chi connectivity index (χ3v) is 10.4. The Kier molecular flexibility index (Phi) is 10.7. The largest absolute Gasteiger partial charge is 0.389 e. The maximum absolute atomic E-state index is 12.0. The molecule has 0 amide bonds. The van der Waals surface area contributed by atoms with Crippen LogP contribution in [0.25, 0.3) is 0 Å². The van der Waals surface area contributed by atoms with Crippen LogP contribution in [-0.2, 0) is 42.6 Å². The fraction of sp³-hybridized carbons (Fsp3) is 0.818. The molecule has 0 unspecified atom stereocenters. The van der Waals surface area contributed by atoms with Crippen LogP contribution in [0.5, 0.6) is 0 Å². The summed E-state index contributed by atoms with van der Waals surface area (Å²) in [6.45, 7) is 8.89. The lowest BCUT2D eigenvalue weighted by Gasteiger charge is -2.36. The number of hydrogen-bond acceptors (Lipinski definition) is 20. The zero-order chi connectivity index (χ0) is 39.9. The van der Waals surface area contributed by atoms with Gasteiger partial charge in [0.15, 0.2) is 36.2 Å². The van der Waals surface area contributed by atoms with Gasteiger partial charge in [0.25, 0.3) is 11.4 Å². The number of hydrogen-bond donors (Lipinski definition) is 6. The van der Waals surface area contributed by atoms with Gasteiger partial charge in [-0.1, -0.05) is 0 Å². The van der Waals surface area contributed by atoms with E-state index in [1.165, 1.54) is 11.0 Å². The second kappa shape index (κ2) is 14.6. The van der Waals surface area contributed by atoms with E-state index in [2.05, 4.69) is 5.32 Å². The minimum Gasteiger partial charge on any atom is -0.389 e. The first-order chi connectivity index (χ1) is 25.6. The van der Waals surface area contributed by atoms with E-state index in [9.17, 15) is 45.8 Å². The average molecular weight is 789 g/mol. The minimum atomic E-state index is -1.49. The van der Waals surface area contributed by atoms with Crippen molar-refractivity contribution in [3.8, 4) is 0 Å². The lowest BCUT2D eigenvalue weighted by Crippen LogP contribution is -2.54. The molecule has 15 atom stereocenters. The normalized spacial score (nSPS) is 39.8. The van der Waals surface area contributed by atoms with Gasteiger partial charge >= 0.3 is 0 Å². The Bertz CT molecular complexity index is 1570. The van der Waals surface area contributed by atoms with Crippen LogP contribution in [0, 0.1) is 20.2 Å². The first-order valence-corrected chi connectivity index (χ1v) is 18.0. The Hall–Kier alpha value is -2.78. The molecule has 6 heterocycles. The van der Waals surface area contributed by atoms with Gasteiger partial charge in [-0.3, -0.25) is 25.1 Å². The molecule has 1 aromatic carbocycles. The van der Waals surface area contributed by atoms with Crippen molar-refractivity contribution < 1.29 is 78.0 Å². The van der Waals surface area contributed by atoms with E-state index >= 15 is 0 Å². The topological polar surface area (TPSA) is 286 Å². The number of aliphatic hydroxyl groups excluding tert-OH is 5. The molecule has 6 aliphatic rings. The quantitative estimate of drug-likeness (QED) is 0.103. The summed E-state index contributed by atoms with van der Waals surface area (Å²) < 4.78 is 52.7. The number of nitro groups is 2. The SMILES string of the molecule is CC1(C)O[C@H]2O[C@H]([C@@H](O)CN(C[C@@H](O)[C@H]3O[C@@H]4OC(C)(C)O[C@@H]4[C@H]3Nc3ccc([N+](=O)[O-])cc3[N+](=O)[O-])C[C@H](O)[C@H]3O[C@@H]4OC(C)(C)O[C@@H]4[C@H]3O)[C@H](O)[C@H]2O1. The summed E-state index contributed by atoms with van der Waals surface area (Å²) in [7, 11) is 0. The molecule has 308 valence electrons. The number of non-ortho nitro benzene ring substituents is 1. The van der Waals surface area contributed by atoms with Crippen LogP contribution in [-0.4, -0.2) is 169 Å². The third kappa shape index (κ3) is 8.04. The molecule has 55 heavy (non-hydrogen) atoms. The van der Waals surface area contributed by atoms with E-state index in [0.717, 1.165) is 12.1 Å². The van der Waals surface area contributed by atoms with Gasteiger partial charge in [0.1, 0.15) is 54.5 Å². The second-order valence-electron chi connectivity index (χ2n) is 16.0. The summed E-state index contributed by atoms with van der Waals surface area (Å²) in [5.41, 5.74) is -1.23. The molecule has 0 spiro atoms. The van der Waals surface area contributed by atoms with E-state index in [0.29, 0.717) is 0 Å². The maximum atomic E-state index is 12.0. The van der Waals surface area contributed by atoms with E-state index in [-0.39, 0.29) is 25.3 Å². The molecule has 0 bridgehead atoms. The fourth-order valence-electron chi connectivity index (χ4n) is 8.11. The zero-order valence-electron chi connectivity index (χ0n) is 30.9.